The molecule has 0 unspecified atom stereocenters. The van der Waals surface area contributed by atoms with Crippen molar-refractivity contribution >= 4 is 15.4 Å². The molecule has 2 N–H and O–H groups in total. The van der Waals surface area contributed by atoms with Crippen LogP contribution in [0.15, 0.2) is 28.5 Å². The lowest BCUT2D eigenvalue weighted by molar-refractivity contribution is 0.471. The van der Waals surface area contributed by atoms with Crippen LogP contribution in [0.25, 0.3) is 5.57 Å². The van der Waals surface area contributed by atoms with Crippen molar-refractivity contribution in [1.29, 1.82) is 0 Å². The topological polar surface area (TPSA) is 66.4 Å². The maximum Gasteiger partial charge on any atom is 0.200 e. The molecule has 2 aliphatic rings. The van der Waals surface area contributed by atoms with E-state index in [0.717, 1.165) is 12.8 Å². The molecular formula is C14H17NO3S. The Hall–Kier alpha value is -1.33. The van der Waals surface area contributed by atoms with Crippen molar-refractivity contribution in [3.05, 3.63) is 29.2 Å². The van der Waals surface area contributed by atoms with E-state index in [0.29, 0.717) is 23.7 Å². The largest absolute Gasteiger partial charge is 0.507 e. The Morgan fingerprint density at radius 3 is 2.74 bits per heavy atom. The first kappa shape index (κ1) is 12.7. The lowest BCUT2D eigenvalue weighted by Gasteiger charge is -2.13. The minimum absolute atomic E-state index is 0.0399. The first-order chi connectivity index (χ1) is 9.08. The third-order valence-electron chi connectivity index (χ3n) is 3.87. The van der Waals surface area contributed by atoms with Crippen molar-refractivity contribution in [3.8, 4) is 5.75 Å². The van der Waals surface area contributed by atoms with Crippen molar-refractivity contribution in [1.82, 2.24) is 5.32 Å². The van der Waals surface area contributed by atoms with Gasteiger partial charge in [-0.15, -0.1) is 0 Å². The van der Waals surface area contributed by atoms with Crippen LogP contribution in [0.1, 0.15) is 31.2 Å². The Morgan fingerprint density at radius 2 is 2.00 bits per heavy atom. The van der Waals surface area contributed by atoms with Crippen LogP contribution in [-0.4, -0.2) is 26.1 Å². The number of aromatic hydroxyl groups is 1. The fourth-order valence-electron chi connectivity index (χ4n) is 2.90. The standard InChI is InChI=1S/C14H17NO3S/c16-12-6-3-7-13-14(12)10(9-19(13,17)18)8-15-11-4-1-2-5-11/h3,6-7,9,11,15-16H,1-2,4-5,8H2. The van der Waals surface area contributed by atoms with E-state index in [4.69, 9.17) is 0 Å². The van der Waals surface area contributed by atoms with Crippen LogP contribution in [-0.2, 0) is 9.84 Å². The highest BCUT2D eigenvalue weighted by Crippen LogP contribution is 2.38. The summed E-state index contributed by atoms with van der Waals surface area (Å²) < 4.78 is 24.0. The maximum absolute atomic E-state index is 12.0. The molecule has 1 aromatic carbocycles. The molecule has 1 fully saturated rings. The zero-order valence-corrected chi connectivity index (χ0v) is 11.4. The number of sulfone groups is 1. The molecule has 0 aromatic heterocycles. The van der Waals surface area contributed by atoms with Gasteiger partial charge in [0.2, 0.25) is 9.84 Å². The minimum Gasteiger partial charge on any atom is -0.507 e. The SMILES string of the molecule is O=S1(=O)C=C(CNC2CCCC2)c2c(O)cccc21. The van der Waals surface area contributed by atoms with E-state index in [1.807, 2.05) is 0 Å². The van der Waals surface area contributed by atoms with E-state index in [-0.39, 0.29) is 10.6 Å². The summed E-state index contributed by atoms with van der Waals surface area (Å²) in [4.78, 5) is 0.218. The first-order valence-corrected chi connectivity index (χ1v) is 8.14. The second kappa shape index (κ2) is 4.65. The molecule has 1 heterocycles. The predicted molar refractivity (Wildman–Crippen MR) is 73.5 cm³/mol. The van der Waals surface area contributed by atoms with E-state index >= 15 is 0 Å². The summed E-state index contributed by atoms with van der Waals surface area (Å²) in [6.45, 7) is 0.495. The van der Waals surface area contributed by atoms with Gasteiger partial charge in [-0.1, -0.05) is 18.9 Å². The Labute approximate surface area is 113 Å². The van der Waals surface area contributed by atoms with Gasteiger partial charge in [0, 0.05) is 23.6 Å². The third-order valence-corrected chi connectivity index (χ3v) is 5.41. The van der Waals surface area contributed by atoms with Crippen molar-refractivity contribution < 1.29 is 13.5 Å². The third kappa shape index (κ3) is 2.28. The highest BCUT2D eigenvalue weighted by atomic mass is 32.2. The molecule has 0 saturated heterocycles. The molecule has 0 amide bonds. The van der Waals surface area contributed by atoms with Crippen LogP contribution >= 0.6 is 0 Å². The average Bonchev–Trinajstić information content (AvgIpc) is 2.95. The van der Waals surface area contributed by atoms with Gasteiger partial charge < -0.3 is 10.4 Å². The van der Waals surface area contributed by atoms with Crippen LogP contribution in [0, 0.1) is 0 Å². The van der Waals surface area contributed by atoms with Crippen LogP contribution in [0.3, 0.4) is 0 Å². The molecule has 0 radical (unpaired) electrons. The van der Waals surface area contributed by atoms with Crippen LogP contribution in [0.2, 0.25) is 0 Å². The predicted octanol–water partition coefficient (Wildman–Crippen LogP) is 2.05. The van der Waals surface area contributed by atoms with Crippen LogP contribution < -0.4 is 5.32 Å². The van der Waals surface area contributed by atoms with Gasteiger partial charge in [0.1, 0.15) is 5.75 Å². The summed E-state index contributed by atoms with van der Waals surface area (Å²) in [5.74, 6) is 0.0399. The smallest absolute Gasteiger partial charge is 0.200 e. The van der Waals surface area contributed by atoms with Crippen molar-refractivity contribution in [2.24, 2.45) is 0 Å². The van der Waals surface area contributed by atoms with Crippen LogP contribution in [0.5, 0.6) is 5.75 Å². The number of nitrogens with one attached hydrogen (secondary N) is 1. The molecule has 1 saturated carbocycles. The van der Waals surface area contributed by atoms with Gasteiger partial charge >= 0.3 is 0 Å². The number of rotatable bonds is 3. The number of benzene rings is 1. The Morgan fingerprint density at radius 1 is 1.26 bits per heavy atom. The van der Waals surface area contributed by atoms with Gasteiger partial charge in [0.25, 0.3) is 0 Å². The maximum atomic E-state index is 12.0. The highest BCUT2D eigenvalue weighted by molar-refractivity contribution is 7.95. The minimum atomic E-state index is -3.39. The van der Waals surface area contributed by atoms with Gasteiger partial charge in [0.15, 0.2) is 0 Å². The van der Waals surface area contributed by atoms with Crippen LogP contribution in [0.4, 0.5) is 0 Å². The average molecular weight is 279 g/mol. The van der Waals surface area contributed by atoms with Gasteiger partial charge in [-0.2, -0.15) is 0 Å². The molecule has 5 heteroatoms. The van der Waals surface area contributed by atoms with E-state index < -0.39 is 9.84 Å². The fraction of sp³-hybridized carbons (Fsp3) is 0.429. The van der Waals surface area contributed by atoms with Crippen molar-refractivity contribution in [2.45, 2.75) is 36.6 Å². The molecule has 3 rings (SSSR count). The monoisotopic (exact) mass is 279 g/mol. The molecule has 4 nitrogen and oxygen atoms in total. The number of fused-ring (bicyclic) bond motifs is 1. The Bertz CT molecular complexity index is 628. The Balaban J connectivity index is 1.87. The number of phenolic OH excluding ortho intramolecular Hbond substituents is 1. The van der Waals surface area contributed by atoms with E-state index in [1.54, 1.807) is 12.1 Å². The fourth-order valence-corrected chi connectivity index (χ4v) is 4.39. The molecule has 19 heavy (non-hydrogen) atoms. The summed E-state index contributed by atoms with van der Waals surface area (Å²) in [5.41, 5.74) is 1.13. The van der Waals surface area contributed by atoms with E-state index in [2.05, 4.69) is 5.32 Å². The molecule has 1 aliphatic carbocycles. The second-order valence-electron chi connectivity index (χ2n) is 5.20. The molecular weight excluding hydrogens is 262 g/mol. The molecule has 1 aliphatic heterocycles. The second-order valence-corrected chi connectivity index (χ2v) is 6.97. The lowest BCUT2D eigenvalue weighted by Crippen LogP contribution is -2.27. The summed E-state index contributed by atoms with van der Waals surface area (Å²) in [7, 11) is -3.39. The van der Waals surface area contributed by atoms with Gasteiger partial charge in [-0.05, 0) is 30.5 Å². The molecule has 0 bridgehead atoms. The van der Waals surface area contributed by atoms with E-state index in [9.17, 15) is 13.5 Å². The molecule has 0 atom stereocenters. The number of hydrogen-bond acceptors (Lipinski definition) is 4. The summed E-state index contributed by atoms with van der Waals surface area (Å²) >= 11 is 0. The number of phenols is 1. The molecule has 102 valence electrons. The Kier molecular flexibility index (Phi) is 3.11. The van der Waals surface area contributed by atoms with Crippen molar-refractivity contribution in [2.75, 3.05) is 6.54 Å². The quantitative estimate of drug-likeness (QED) is 0.888. The summed E-state index contributed by atoms with van der Waals surface area (Å²) in [6, 6.07) is 5.11. The van der Waals surface area contributed by atoms with Crippen molar-refractivity contribution in [3.63, 3.8) is 0 Å². The molecule has 1 aromatic rings. The zero-order valence-electron chi connectivity index (χ0n) is 10.6. The first-order valence-electron chi connectivity index (χ1n) is 6.59. The normalized spacial score (nSPS) is 21.4. The summed E-state index contributed by atoms with van der Waals surface area (Å²) in [6.07, 6.45) is 4.76. The van der Waals surface area contributed by atoms with E-state index in [1.165, 1.54) is 24.3 Å². The highest BCUT2D eigenvalue weighted by Gasteiger charge is 2.29. The van der Waals surface area contributed by atoms with Gasteiger partial charge in [-0.3, -0.25) is 0 Å². The lowest BCUT2D eigenvalue weighted by atomic mass is 10.1. The summed E-state index contributed by atoms with van der Waals surface area (Å²) in [5, 5.41) is 14.6. The van der Waals surface area contributed by atoms with Gasteiger partial charge in [0.05, 0.1) is 4.90 Å². The zero-order chi connectivity index (χ0) is 13.5. The molecule has 0 spiro atoms. The number of hydrogen-bond donors (Lipinski definition) is 2. The van der Waals surface area contributed by atoms with Gasteiger partial charge in [-0.25, -0.2) is 8.42 Å².